The summed E-state index contributed by atoms with van der Waals surface area (Å²) in [6, 6.07) is 6.19. The number of carbonyl (C=O) groups excluding carboxylic acids is 1. The lowest BCUT2D eigenvalue weighted by Crippen LogP contribution is -2.45. The number of fused-ring (bicyclic) bond motifs is 1. The molecule has 3 rings (SSSR count). The van der Waals surface area contributed by atoms with Crippen molar-refractivity contribution in [1.29, 1.82) is 0 Å². The van der Waals surface area contributed by atoms with E-state index in [2.05, 4.69) is 9.72 Å². The number of aromatic nitrogens is 2. The number of imidazole rings is 1. The summed E-state index contributed by atoms with van der Waals surface area (Å²) >= 11 is 6.41. The van der Waals surface area contributed by atoms with Crippen LogP contribution in [-0.4, -0.2) is 39.3 Å². The zero-order chi connectivity index (χ0) is 22.1. The number of nitrogens with zero attached hydrogens (tertiary/aromatic N) is 3. The van der Waals surface area contributed by atoms with Crippen molar-refractivity contribution in [2.75, 3.05) is 6.54 Å². The number of aryl methyl sites for hydroxylation is 2. The maximum atomic E-state index is 12.9. The Morgan fingerprint density at radius 3 is 2.53 bits per heavy atom. The van der Waals surface area contributed by atoms with Gasteiger partial charge in [0.2, 0.25) is 0 Å². The molecule has 6 nitrogen and oxygen atoms in total. The van der Waals surface area contributed by atoms with Crippen molar-refractivity contribution in [3.63, 3.8) is 0 Å². The van der Waals surface area contributed by atoms with Crippen molar-refractivity contribution in [1.82, 2.24) is 14.5 Å². The standard InChI is InChI=1S/C21H26ClF2N3O3/c1-13-25-18(22)17-16(10-7-14-5-8-15(9-6-14)29-19(23)24)27(12-11-26(13)17)20(28)30-21(2,3)4/h5-6,8-9,16,19H,7,10-12H2,1-4H3. The monoisotopic (exact) mass is 441 g/mol. The number of alkyl halides is 2. The molecule has 1 amide bonds. The molecule has 1 aromatic heterocycles. The summed E-state index contributed by atoms with van der Waals surface area (Å²) in [6.45, 7) is 5.59. The number of carbonyl (C=O) groups is 1. The van der Waals surface area contributed by atoms with Crippen LogP contribution in [0.25, 0.3) is 0 Å². The van der Waals surface area contributed by atoms with Gasteiger partial charge in [0.05, 0.1) is 11.7 Å². The van der Waals surface area contributed by atoms with Crippen LogP contribution in [0.4, 0.5) is 13.6 Å². The first-order chi connectivity index (χ1) is 14.0. The summed E-state index contributed by atoms with van der Waals surface area (Å²) in [5, 5.41) is 0.381. The van der Waals surface area contributed by atoms with Gasteiger partial charge in [-0.3, -0.25) is 4.90 Å². The Hall–Kier alpha value is -2.35. The van der Waals surface area contributed by atoms with Crippen LogP contribution in [0.2, 0.25) is 5.15 Å². The minimum Gasteiger partial charge on any atom is -0.444 e. The van der Waals surface area contributed by atoms with E-state index in [0.29, 0.717) is 31.1 Å². The predicted octanol–water partition coefficient (Wildman–Crippen LogP) is 5.37. The highest BCUT2D eigenvalue weighted by atomic mass is 35.5. The van der Waals surface area contributed by atoms with Gasteiger partial charge in [0.25, 0.3) is 0 Å². The Kier molecular flexibility index (Phi) is 6.55. The molecule has 1 atom stereocenters. The molecule has 1 aliphatic rings. The number of hydrogen-bond acceptors (Lipinski definition) is 4. The number of ether oxygens (including phenoxy) is 2. The minimum atomic E-state index is -2.86. The largest absolute Gasteiger partial charge is 0.444 e. The molecule has 9 heteroatoms. The first-order valence-electron chi connectivity index (χ1n) is 9.81. The zero-order valence-electron chi connectivity index (χ0n) is 17.5. The van der Waals surface area contributed by atoms with Gasteiger partial charge < -0.3 is 14.0 Å². The number of benzene rings is 1. The molecule has 1 aromatic carbocycles. The van der Waals surface area contributed by atoms with Crippen LogP contribution in [0.15, 0.2) is 24.3 Å². The second kappa shape index (κ2) is 8.79. The molecule has 0 saturated heterocycles. The molecule has 0 radical (unpaired) electrons. The van der Waals surface area contributed by atoms with E-state index in [1.807, 2.05) is 32.3 Å². The molecule has 1 unspecified atom stereocenters. The van der Waals surface area contributed by atoms with E-state index in [9.17, 15) is 13.6 Å². The third-order valence-electron chi connectivity index (χ3n) is 4.89. The summed E-state index contributed by atoms with van der Waals surface area (Å²) in [6.07, 6.45) is 0.799. The molecule has 0 bridgehead atoms. The maximum Gasteiger partial charge on any atom is 0.410 e. The Labute approximate surface area is 179 Å². The normalized spacial score (nSPS) is 16.5. The van der Waals surface area contributed by atoms with Crippen molar-refractivity contribution in [3.05, 3.63) is 46.5 Å². The van der Waals surface area contributed by atoms with Gasteiger partial charge in [-0.15, -0.1) is 0 Å². The van der Waals surface area contributed by atoms with Crippen molar-refractivity contribution < 1.29 is 23.0 Å². The Balaban J connectivity index is 1.81. The first kappa shape index (κ1) is 22.3. The average molecular weight is 442 g/mol. The fraction of sp³-hybridized carbons (Fsp3) is 0.524. The molecule has 0 aliphatic carbocycles. The Morgan fingerprint density at radius 1 is 1.27 bits per heavy atom. The second-order valence-corrected chi connectivity index (χ2v) is 8.60. The smallest absolute Gasteiger partial charge is 0.410 e. The van der Waals surface area contributed by atoms with Gasteiger partial charge in [-0.1, -0.05) is 23.7 Å². The van der Waals surface area contributed by atoms with Crippen LogP contribution in [-0.2, 0) is 17.7 Å². The van der Waals surface area contributed by atoms with Gasteiger partial charge in [-0.2, -0.15) is 8.78 Å². The van der Waals surface area contributed by atoms with Crippen LogP contribution in [0, 0.1) is 6.92 Å². The van der Waals surface area contributed by atoms with Gasteiger partial charge in [-0.05, 0) is 58.2 Å². The lowest BCUT2D eigenvalue weighted by molar-refractivity contribution is -0.0498. The summed E-state index contributed by atoms with van der Waals surface area (Å²) < 4.78 is 36.7. The highest BCUT2D eigenvalue weighted by Gasteiger charge is 2.36. The first-order valence-corrected chi connectivity index (χ1v) is 10.2. The highest BCUT2D eigenvalue weighted by molar-refractivity contribution is 6.30. The summed E-state index contributed by atoms with van der Waals surface area (Å²) in [5.41, 5.74) is 1.12. The number of hydrogen-bond donors (Lipinski definition) is 0. The van der Waals surface area contributed by atoms with Gasteiger partial charge in [-0.25, -0.2) is 9.78 Å². The molecule has 2 heterocycles. The molecular formula is C21H26ClF2N3O3. The second-order valence-electron chi connectivity index (χ2n) is 8.24. The molecule has 0 N–H and O–H groups in total. The van der Waals surface area contributed by atoms with Crippen molar-refractivity contribution in [2.45, 2.75) is 65.3 Å². The molecular weight excluding hydrogens is 416 g/mol. The third-order valence-corrected chi connectivity index (χ3v) is 5.17. The quantitative estimate of drug-likeness (QED) is 0.625. The van der Waals surface area contributed by atoms with Crippen LogP contribution in [0.5, 0.6) is 5.75 Å². The SMILES string of the molecule is Cc1nc(Cl)c2n1CCN(C(=O)OC(C)(C)C)C2CCc1ccc(OC(F)F)cc1. The molecule has 0 fully saturated rings. The van der Waals surface area contributed by atoms with Gasteiger partial charge in [0.1, 0.15) is 17.2 Å². The van der Waals surface area contributed by atoms with Crippen LogP contribution in [0.3, 0.4) is 0 Å². The molecule has 1 aliphatic heterocycles. The Morgan fingerprint density at radius 2 is 1.93 bits per heavy atom. The van der Waals surface area contributed by atoms with E-state index in [4.69, 9.17) is 16.3 Å². The van der Waals surface area contributed by atoms with E-state index in [-0.39, 0.29) is 11.8 Å². The van der Waals surface area contributed by atoms with Crippen LogP contribution >= 0.6 is 11.6 Å². The molecule has 2 aromatic rings. The fourth-order valence-electron chi connectivity index (χ4n) is 3.63. The Bertz CT molecular complexity index is 894. The summed E-state index contributed by atoms with van der Waals surface area (Å²) in [5.74, 6) is 0.913. The highest BCUT2D eigenvalue weighted by Crippen LogP contribution is 2.36. The van der Waals surface area contributed by atoms with Gasteiger partial charge in [0, 0.05) is 13.1 Å². The molecule has 164 valence electrons. The lowest BCUT2D eigenvalue weighted by Gasteiger charge is -2.38. The van der Waals surface area contributed by atoms with E-state index in [1.165, 1.54) is 12.1 Å². The number of halogens is 3. The molecule has 0 spiro atoms. The van der Waals surface area contributed by atoms with Crippen LogP contribution in [0.1, 0.15) is 50.3 Å². The van der Waals surface area contributed by atoms with E-state index in [0.717, 1.165) is 17.1 Å². The zero-order valence-corrected chi connectivity index (χ0v) is 18.2. The average Bonchev–Trinajstić information content (AvgIpc) is 2.93. The number of rotatable bonds is 5. The third kappa shape index (κ3) is 5.22. The van der Waals surface area contributed by atoms with Crippen molar-refractivity contribution in [3.8, 4) is 5.75 Å². The number of amides is 1. The molecule has 30 heavy (non-hydrogen) atoms. The van der Waals surface area contributed by atoms with Gasteiger partial charge in [0.15, 0.2) is 5.15 Å². The van der Waals surface area contributed by atoms with Gasteiger partial charge >= 0.3 is 12.7 Å². The molecule has 0 saturated carbocycles. The summed E-state index contributed by atoms with van der Waals surface area (Å²) in [4.78, 5) is 18.9. The van der Waals surface area contributed by atoms with Crippen molar-refractivity contribution in [2.24, 2.45) is 0 Å². The minimum absolute atomic E-state index is 0.110. The maximum absolute atomic E-state index is 12.9. The van der Waals surface area contributed by atoms with Crippen molar-refractivity contribution >= 4 is 17.7 Å². The fourth-order valence-corrected chi connectivity index (χ4v) is 3.98. The van der Waals surface area contributed by atoms with E-state index >= 15 is 0 Å². The van der Waals surface area contributed by atoms with E-state index < -0.39 is 18.3 Å². The summed E-state index contributed by atoms with van der Waals surface area (Å²) in [7, 11) is 0. The van der Waals surface area contributed by atoms with Crippen LogP contribution < -0.4 is 4.74 Å². The topological polar surface area (TPSA) is 56.6 Å². The van der Waals surface area contributed by atoms with E-state index in [1.54, 1.807) is 17.0 Å². The predicted molar refractivity (Wildman–Crippen MR) is 109 cm³/mol. The lowest BCUT2D eigenvalue weighted by atomic mass is 10.0.